The summed E-state index contributed by atoms with van der Waals surface area (Å²) in [4.78, 5) is 0.939. The molecule has 0 atom stereocenters. The Hall–Kier alpha value is -1.24. The zero-order valence-electron chi connectivity index (χ0n) is 10.3. The van der Waals surface area contributed by atoms with Crippen molar-refractivity contribution in [1.82, 2.24) is 0 Å². The molecule has 20 heavy (non-hydrogen) atoms. The minimum Gasteiger partial charge on any atom is -0.507 e. The monoisotopic (exact) mass is 332 g/mol. The highest BCUT2D eigenvalue weighted by atomic mass is 35.5. The largest absolute Gasteiger partial charge is 0.507 e. The molecular formula is C13H10ClFO3S2. The fraction of sp³-hybridized carbons (Fsp3) is 0.0769. The van der Waals surface area contributed by atoms with E-state index in [0.717, 1.165) is 24.1 Å². The van der Waals surface area contributed by atoms with Crippen LogP contribution in [0.4, 0.5) is 4.39 Å². The molecule has 0 spiro atoms. The maximum atomic E-state index is 13.1. The Kier molecular flexibility index (Phi) is 4.27. The van der Waals surface area contributed by atoms with Crippen molar-refractivity contribution < 1.29 is 17.9 Å². The lowest BCUT2D eigenvalue weighted by molar-refractivity contribution is 0.459. The molecule has 2 aromatic carbocycles. The van der Waals surface area contributed by atoms with Gasteiger partial charge in [-0.3, -0.25) is 0 Å². The maximum absolute atomic E-state index is 13.1. The van der Waals surface area contributed by atoms with Gasteiger partial charge >= 0.3 is 0 Å². The van der Waals surface area contributed by atoms with Crippen LogP contribution in [0.2, 0.25) is 5.02 Å². The molecule has 106 valence electrons. The van der Waals surface area contributed by atoms with E-state index in [9.17, 15) is 17.9 Å². The molecular weight excluding hydrogens is 323 g/mol. The maximum Gasteiger partial charge on any atom is 0.175 e. The SMILES string of the molecule is CS(=O)(=O)c1ccc(Sc2cc(F)ccc2O)c(Cl)c1. The fourth-order valence-electron chi connectivity index (χ4n) is 1.48. The molecule has 0 saturated heterocycles. The van der Waals surface area contributed by atoms with E-state index in [1.165, 1.54) is 30.3 Å². The summed E-state index contributed by atoms with van der Waals surface area (Å²) in [5, 5.41) is 9.87. The van der Waals surface area contributed by atoms with Gasteiger partial charge in [-0.25, -0.2) is 12.8 Å². The highest BCUT2D eigenvalue weighted by Crippen LogP contribution is 2.38. The number of aromatic hydroxyl groups is 1. The van der Waals surface area contributed by atoms with Crippen molar-refractivity contribution in [1.29, 1.82) is 0 Å². The Labute approximate surface area is 125 Å². The molecule has 0 aromatic heterocycles. The second-order valence-electron chi connectivity index (χ2n) is 4.08. The lowest BCUT2D eigenvalue weighted by Crippen LogP contribution is -1.96. The van der Waals surface area contributed by atoms with Crippen LogP contribution < -0.4 is 0 Å². The number of phenolic OH excluding ortho intramolecular Hbond substituents is 1. The average molecular weight is 333 g/mol. The summed E-state index contributed by atoms with van der Waals surface area (Å²) < 4.78 is 35.9. The van der Waals surface area contributed by atoms with E-state index in [-0.39, 0.29) is 15.7 Å². The van der Waals surface area contributed by atoms with Gasteiger partial charge in [0.15, 0.2) is 9.84 Å². The first-order valence-electron chi connectivity index (χ1n) is 5.43. The Bertz CT molecular complexity index is 760. The molecule has 2 rings (SSSR count). The molecule has 0 amide bonds. The minimum absolute atomic E-state index is 0.0698. The molecule has 0 bridgehead atoms. The van der Waals surface area contributed by atoms with E-state index in [1.807, 2.05) is 0 Å². The number of rotatable bonds is 3. The zero-order valence-corrected chi connectivity index (χ0v) is 12.7. The summed E-state index contributed by atoms with van der Waals surface area (Å²) in [7, 11) is -3.33. The molecule has 0 heterocycles. The third-order valence-corrected chi connectivity index (χ3v) is 5.13. The Balaban J connectivity index is 2.38. The van der Waals surface area contributed by atoms with Gasteiger partial charge in [0.25, 0.3) is 0 Å². The normalized spacial score (nSPS) is 11.6. The van der Waals surface area contributed by atoms with Gasteiger partial charge in [-0.2, -0.15) is 0 Å². The third kappa shape index (κ3) is 3.45. The second-order valence-corrected chi connectivity index (χ2v) is 7.59. The van der Waals surface area contributed by atoms with Crippen molar-refractivity contribution in [3.63, 3.8) is 0 Å². The number of hydrogen-bond donors (Lipinski definition) is 1. The molecule has 0 aliphatic rings. The van der Waals surface area contributed by atoms with Crippen LogP contribution in [0.3, 0.4) is 0 Å². The number of benzene rings is 2. The molecule has 3 nitrogen and oxygen atoms in total. The zero-order chi connectivity index (χ0) is 14.9. The van der Waals surface area contributed by atoms with Gasteiger partial charge in [0, 0.05) is 11.2 Å². The highest BCUT2D eigenvalue weighted by molar-refractivity contribution is 7.99. The summed E-state index contributed by atoms with van der Waals surface area (Å²) in [6, 6.07) is 7.84. The summed E-state index contributed by atoms with van der Waals surface area (Å²) in [6.07, 6.45) is 1.09. The summed E-state index contributed by atoms with van der Waals surface area (Å²) in [5.41, 5.74) is 0. The first-order valence-corrected chi connectivity index (χ1v) is 8.52. The average Bonchev–Trinajstić information content (AvgIpc) is 2.35. The van der Waals surface area contributed by atoms with Gasteiger partial charge in [0.05, 0.1) is 14.8 Å². The van der Waals surface area contributed by atoms with Crippen LogP contribution in [-0.4, -0.2) is 19.8 Å². The second kappa shape index (κ2) is 5.63. The highest BCUT2D eigenvalue weighted by Gasteiger charge is 2.12. The number of halogens is 2. The lowest BCUT2D eigenvalue weighted by atomic mass is 10.3. The third-order valence-electron chi connectivity index (χ3n) is 2.47. The van der Waals surface area contributed by atoms with Crippen LogP contribution in [0.5, 0.6) is 5.75 Å². The quantitative estimate of drug-likeness (QED) is 0.930. The minimum atomic E-state index is -3.33. The lowest BCUT2D eigenvalue weighted by Gasteiger charge is -2.07. The molecule has 0 radical (unpaired) electrons. The number of phenols is 1. The van der Waals surface area contributed by atoms with Gasteiger partial charge in [-0.05, 0) is 36.4 Å². The van der Waals surface area contributed by atoms with Gasteiger partial charge in [-0.1, -0.05) is 23.4 Å². The molecule has 0 saturated carbocycles. The number of sulfone groups is 1. The van der Waals surface area contributed by atoms with E-state index in [0.29, 0.717) is 9.79 Å². The van der Waals surface area contributed by atoms with E-state index in [2.05, 4.69) is 0 Å². The van der Waals surface area contributed by atoms with Crippen molar-refractivity contribution in [3.05, 3.63) is 47.2 Å². The van der Waals surface area contributed by atoms with Crippen LogP contribution in [0.25, 0.3) is 0 Å². The summed E-state index contributed by atoms with van der Waals surface area (Å²) in [5.74, 6) is -0.547. The van der Waals surface area contributed by atoms with Crippen molar-refractivity contribution in [2.45, 2.75) is 14.7 Å². The van der Waals surface area contributed by atoms with E-state index in [1.54, 1.807) is 0 Å². The van der Waals surface area contributed by atoms with Crippen molar-refractivity contribution >= 4 is 33.2 Å². The molecule has 7 heteroatoms. The van der Waals surface area contributed by atoms with Gasteiger partial charge < -0.3 is 5.11 Å². The van der Waals surface area contributed by atoms with Crippen LogP contribution in [0.1, 0.15) is 0 Å². The van der Waals surface area contributed by atoms with Crippen molar-refractivity contribution in [2.75, 3.05) is 6.26 Å². The predicted molar refractivity (Wildman–Crippen MR) is 76.7 cm³/mol. The van der Waals surface area contributed by atoms with Crippen LogP contribution in [0.15, 0.2) is 51.1 Å². The van der Waals surface area contributed by atoms with Crippen LogP contribution in [-0.2, 0) is 9.84 Å². The Morgan fingerprint density at radius 2 is 1.85 bits per heavy atom. The van der Waals surface area contributed by atoms with E-state index >= 15 is 0 Å². The van der Waals surface area contributed by atoms with Gasteiger partial charge in [0.1, 0.15) is 11.6 Å². The van der Waals surface area contributed by atoms with Crippen LogP contribution in [0, 0.1) is 5.82 Å². The van der Waals surface area contributed by atoms with Crippen molar-refractivity contribution in [2.24, 2.45) is 0 Å². The first-order chi connectivity index (χ1) is 9.27. The molecule has 0 aliphatic heterocycles. The van der Waals surface area contributed by atoms with Gasteiger partial charge in [-0.15, -0.1) is 0 Å². The summed E-state index contributed by atoms with van der Waals surface area (Å²) in [6.45, 7) is 0. The standard InChI is InChI=1S/C13H10ClFO3S2/c1-20(17,18)9-3-5-12(10(14)7-9)19-13-6-8(15)2-4-11(13)16/h2-7,16H,1H3. The molecule has 0 fully saturated rings. The smallest absolute Gasteiger partial charge is 0.175 e. The van der Waals surface area contributed by atoms with E-state index in [4.69, 9.17) is 11.6 Å². The molecule has 1 N–H and O–H groups in total. The van der Waals surface area contributed by atoms with Crippen molar-refractivity contribution in [3.8, 4) is 5.75 Å². The Morgan fingerprint density at radius 1 is 1.15 bits per heavy atom. The first kappa shape index (κ1) is 15.2. The predicted octanol–water partition coefficient (Wildman–Crippen LogP) is 3.74. The van der Waals surface area contributed by atoms with Gasteiger partial charge in [0.2, 0.25) is 0 Å². The topological polar surface area (TPSA) is 54.4 Å². The van der Waals surface area contributed by atoms with E-state index < -0.39 is 15.7 Å². The summed E-state index contributed by atoms with van der Waals surface area (Å²) >= 11 is 7.07. The van der Waals surface area contributed by atoms with Crippen LogP contribution >= 0.6 is 23.4 Å². The molecule has 2 aromatic rings. The molecule has 0 aliphatic carbocycles. The Morgan fingerprint density at radius 3 is 2.45 bits per heavy atom. The fourth-order valence-corrected chi connectivity index (χ4v) is 3.36. The number of hydrogen-bond acceptors (Lipinski definition) is 4. The molecule has 0 unspecified atom stereocenters.